The number of nitrogens with one attached hydrogen (secondary N) is 3. The van der Waals surface area contributed by atoms with Crippen molar-refractivity contribution in [3.05, 3.63) is 65.9 Å². The van der Waals surface area contributed by atoms with Gasteiger partial charge in [-0.15, -0.1) is 0 Å². The number of ether oxygens (including phenoxy) is 1. The van der Waals surface area contributed by atoms with Gasteiger partial charge in [-0.05, 0) is 37.6 Å². The van der Waals surface area contributed by atoms with Crippen molar-refractivity contribution >= 4 is 16.8 Å². The average molecular weight is 393 g/mol. The number of hydrogen-bond acceptors (Lipinski definition) is 4. The smallest absolute Gasteiger partial charge is 0.228 e. The van der Waals surface area contributed by atoms with Crippen LogP contribution in [0.5, 0.6) is 5.75 Å². The number of fused-ring (bicyclic) bond motifs is 1. The number of carbonyl (C=O) groups is 1. The third kappa shape index (κ3) is 3.73. The van der Waals surface area contributed by atoms with Gasteiger partial charge in [0.2, 0.25) is 5.91 Å². The number of amides is 1. The van der Waals surface area contributed by atoms with Crippen molar-refractivity contribution in [1.82, 2.24) is 20.7 Å². The zero-order valence-electron chi connectivity index (χ0n) is 17.1. The monoisotopic (exact) mass is 392 g/mol. The molecule has 3 N–H and O–H groups in total. The first kappa shape index (κ1) is 19.5. The quantitative estimate of drug-likeness (QED) is 0.601. The number of benzene rings is 2. The Labute approximate surface area is 171 Å². The molecule has 6 nitrogen and oxygen atoms in total. The highest BCUT2D eigenvalue weighted by Gasteiger charge is 2.30. The van der Waals surface area contributed by atoms with Gasteiger partial charge in [0, 0.05) is 24.0 Å². The number of aryl methyl sites for hydroxylation is 1. The molecule has 6 heteroatoms. The highest BCUT2D eigenvalue weighted by atomic mass is 16.5. The summed E-state index contributed by atoms with van der Waals surface area (Å²) in [6.45, 7) is 4.95. The Morgan fingerprint density at radius 3 is 2.72 bits per heavy atom. The van der Waals surface area contributed by atoms with E-state index in [2.05, 4.69) is 39.8 Å². The Hall–Kier alpha value is -2.83. The first-order valence-electron chi connectivity index (χ1n) is 10.1. The first-order valence-corrected chi connectivity index (χ1v) is 10.1. The van der Waals surface area contributed by atoms with E-state index in [0.717, 1.165) is 35.2 Å². The lowest BCUT2D eigenvalue weighted by atomic mass is 10.0. The van der Waals surface area contributed by atoms with Crippen LogP contribution < -0.4 is 20.9 Å². The number of hydrogen-bond donors (Lipinski definition) is 3. The third-order valence-electron chi connectivity index (χ3n) is 5.74. The molecule has 3 atom stereocenters. The summed E-state index contributed by atoms with van der Waals surface area (Å²) < 4.78 is 7.84. The molecular weight excluding hydrogens is 364 g/mol. The van der Waals surface area contributed by atoms with Crippen molar-refractivity contribution in [3.63, 3.8) is 0 Å². The van der Waals surface area contributed by atoms with E-state index in [4.69, 9.17) is 4.74 Å². The van der Waals surface area contributed by atoms with Crippen LogP contribution in [0.4, 0.5) is 0 Å². The molecule has 1 amide bonds. The Bertz CT molecular complexity index is 999. The molecule has 0 saturated carbocycles. The second-order valence-corrected chi connectivity index (χ2v) is 7.48. The lowest BCUT2D eigenvalue weighted by Crippen LogP contribution is -2.45. The maximum atomic E-state index is 12.7. The van der Waals surface area contributed by atoms with Gasteiger partial charge in [-0.25, -0.2) is 10.9 Å². The maximum Gasteiger partial charge on any atom is 0.228 e. The molecule has 1 aliphatic heterocycles. The van der Waals surface area contributed by atoms with Crippen LogP contribution in [0, 0.1) is 0 Å². The fourth-order valence-corrected chi connectivity index (χ4v) is 4.13. The van der Waals surface area contributed by atoms with E-state index >= 15 is 0 Å². The molecule has 1 aromatic heterocycles. The molecule has 29 heavy (non-hydrogen) atoms. The lowest BCUT2D eigenvalue weighted by molar-refractivity contribution is -0.123. The largest absolute Gasteiger partial charge is 0.496 e. The van der Waals surface area contributed by atoms with Crippen molar-refractivity contribution < 1.29 is 9.53 Å². The normalized spacial score (nSPS) is 20.0. The van der Waals surface area contributed by atoms with Crippen LogP contribution in [0.2, 0.25) is 0 Å². The molecule has 1 saturated heterocycles. The SMILES string of the molecule is CCn1c(C2CC(NC(=O)C(C)c3ccccc3)NN2)cc2c(OC)cccc21. The summed E-state index contributed by atoms with van der Waals surface area (Å²) >= 11 is 0. The summed E-state index contributed by atoms with van der Waals surface area (Å²) in [5, 5.41) is 4.23. The van der Waals surface area contributed by atoms with Crippen LogP contribution in [0.25, 0.3) is 10.9 Å². The molecule has 3 aromatic rings. The van der Waals surface area contributed by atoms with Crippen LogP contribution in [0.15, 0.2) is 54.6 Å². The van der Waals surface area contributed by atoms with E-state index in [1.54, 1.807) is 7.11 Å². The van der Waals surface area contributed by atoms with Crippen molar-refractivity contribution in [1.29, 1.82) is 0 Å². The number of methoxy groups -OCH3 is 1. The summed E-state index contributed by atoms with van der Waals surface area (Å²) in [6, 6.07) is 18.3. The molecule has 2 heterocycles. The number of nitrogens with zero attached hydrogens (tertiary/aromatic N) is 1. The highest BCUT2D eigenvalue weighted by Crippen LogP contribution is 2.33. The molecule has 0 aliphatic carbocycles. The summed E-state index contributed by atoms with van der Waals surface area (Å²) in [7, 11) is 1.70. The number of rotatable bonds is 6. The summed E-state index contributed by atoms with van der Waals surface area (Å²) in [5.74, 6) is 0.709. The Morgan fingerprint density at radius 2 is 2.00 bits per heavy atom. The number of hydrazine groups is 1. The van der Waals surface area contributed by atoms with Crippen molar-refractivity contribution in [2.75, 3.05) is 7.11 Å². The van der Waals surface area contributed by atoms with Crippen molar-refractivity contribution in [2.24, 2.45) is 0 Å². The number of carbonyl (C=O) groups excluding carboxylic acids is 1. The van der Waals surface area contributed by atoms with Gasteiger partial charge in [0.1, 0.15) is 5.75 Å². The topological polar surface area (TPSA) is 67.3 Å². The third-order valence-corrected chi connectivity index (χ3v) is 5.74. The summed E-state index contributed by atoms with van der Waals surface area (Å²) in [4.78, 5) is 12.7. The molecule has 3 unspecified atom stereocenters. The molecule has 2 aromatic carbocycles. The fourth-order valence-electron chi connectivity index (χ4n) is 4.13. The standard InChI is InChI=1S/C23H28N4O2/c1-4-27-19-11-8-12-21(29-3)17(19)13-20(27)18-14-22(26-25-18)24-23(28)15(2)16-9-6-5-7-10-16/h5-13,15,18,22,25-26H,4,14H2,1-3H3,(H,24,28). The maximum absolute atomic E-state index is 12.7. The molecule has 0 spiro atoms. The predicted molar refractivity (Wildman–Crippen MR) is 115 cm³/mol. The summed E-state index contributed by atoms with van der Waals surface area (Å²) in [5.41, 5.74) is 9.96. The predicted octanol–water partition coefficient (Wildman–Crippen LogP) is 3.45. The molecule has 1 aliphatic rings. The van der Waals surface area contributed by atoms with Gasteiger partial charge in [-0.2, -0.15) is 0 Å². The minimum absolute atomic E-state index is 0.0221. The second kappa shape index (κ2) is 8.27. The van der Waals surface area contributed by atoms with Gasteiger partial charge in [0.25, 0.3) is 0 Å². The van der Waals surface area contributed by atoms with Crippen LogP contribution in [0.3, 0.4) is 0 Å². The molecular formula is C23H28N4O2. The Morgan fingerprint density at radius 1 is 1.21 bits per heavy atom. The van der Waals surface area contributed by atoms with E-state index in [1.807, 2.05) is 49.4 Å². The molecule has 1 fully saturated rings. The van der Waals surface area contributed by atoms with E-state index in [9.17, 15) is 4.79 Å². The van der Waals surface area contributed by atoms with Crippen LogP contribution >= 0.6 is 0 Å². The molecule has 4 rings (SSSR count). The van der Waals surface area contributed by atoms with E-state index in [0.29, 0.717) is 0 Å². The van der Waals surface area contributed by atoms with Gasteiger partial charge in [-0.3, -0.25) is 4.79 Å². The molecule has 0 radical (unpaired) electrons. The Kier molecular flexibility index (Phi) is 5.56. The van der Waals surface area contributed by atoms with E-state index in [1.165, 1.54) is 5.69 Å². The second-order valence-electron chi connectivity index (χ2n) is 7.48. The van der Waals surface area contributed by atoms with Crippen LogP contribution in [-0.4, -0.2) is 23.7 Å². The zero-order chi connectivity index (χ0) is 20.4. The van der Waals surface area contributed by atoms with Gasteiger partial charge in [0.05, 0.1) is 30.8 Å². The average Bonchev–Trinajstić information content (AvgIpc) is 3.37. The molecule has 152 valence electrons. The van der Waals surface area contributed by atoms with Gasteiger partial charge < -0.3 is 14.6 Å². The fraction of sp³-hybridized carbons (Fsp3) is 0.348. The van der Waals surface area contributed by atoms with E-state index in [-0.39, 0.29) is 24.0 Å². The Balaban J connectivity index is 1.49. The zero-order valence-corrected chi connectivity index (χ0v) is 17.1. The molecule has 0 bridgehead atoms. The lowest BCUT2D eigenvalue weighted by Gasteiger charge is -2.17. The van der Waals surface area contributed by atoms with Crippen LogP contribution in [0.1, 0.15) is 43.5 Å². The van der Waals surface area contributed by atoms with Gasteiger partial charge in [0.15, 0.2) is 0 Å². The van der Waals surface area contributed by atoms with Gasteiger partial charge in [-0.1, -0.05) is 36.4 Å². The van der Waals surface area contributed by atoms with Gasteiger partial charge >= 0.3 is 0 Å². The van der Waals surface area contributed by atoms with Crippen molar-refractivity contribution in [2.45, 2.75) is 44.9 Å². The summed E-state index contributed by atoms with van der Waals surface area (Å²) in [6.07, 6.45) is 0.648. The first-order chi connectivity index (χ1) is 14.1. The van der Waals surface area contributed by atoms with Crippen LogP contribution in [-0.2, 0) is 11.3 Å². The van der Waals surface area contributed by atoms with Crippen molar-refractivity contribution in [3.8, 4) is 5.75 Å². The van der Waals surface area contributed by atoms with E-state index < -0.39 is 0 Å². The highest BCUT2D eigenvalue weighted by molar-refractivity contribution is 5.87. The minimum Gasteiger partial charge on any atom is -0.496 e. The number of aromatic nitrogens is 1. The minimum atomic E-state index is -0.191.